The maximum absolute atomic E-state index is 5.78. The van der Waals surface area contributed by atoms with Crippen LogP contribution in [0.5, 0.6) is 5.75 Å². The highest BCUT2D eigenvalue weighted by Crippen LogP contribution is 2.31. The molecule has 1 N–H and O–H groups in total. The summed E-state index contributed by atoms with van der Waals surface area (Å²) in [7, 11) is 0. The molecule has 0 bridgehead atoms. The number of nitrogens with zero attached hydrogens (tertiary/aromatic N) is 1. The van der Waals surface area contributed by atoms with E-state index in [9.17, 15) is 0 Å². The van der Waals surface area contributed by atoms with Gasteiger partial charge in [0.1, 0.15) is 12.4 Å². The summed E-state index contributed by atoms with van der Waals surface area (Å²) in [5, 5.41) is 3.50. The number of rotatable bonds is 4. The van der Waals surface area contributed by atoms with Crippen LogP contribution in [0.1, 0.15) is 6.92 Å². The van der Waals surface area contributed by atoms with Crippen molar-refractivity contribution < 1.29 is 4.74 Å². The highest BCUT2D eigenvalue weighted by Gasteiger charge is 2.41. The quantitative estimate of drug-likeness (QED) is 0.873. The predicted octanol–water partition coefficient (Wildman–Crippen LogP) is 1.61. The van der Waals surface area contributed by atoms with E-state index in [0.717, 1.165) is 30.7 Å². The number of nitrogens with one attached hydrogen (secondary N) is 1. The zero-order chi connectivity index (χ0) is 12.4. The Kier molecular flexibility index (Phi) is 3.52. The number of ether oxygens (including phenoxy) is 1. The normalized spacial score (nSPS) is 31.5. The van der Waals surface area contributed by atoms with Crippen LogP contribution in [0.3, 0.4) is 0 Å². The molecular weight excluding hydrogens is 224 g/mol. The summed E-state index contributed by atoms with van der Waals surface area (Å²) >= 11 is 0. The van der Waals surface area contributed by atoms with Gasteiger partial charge < -0.3 is 10.1 Å². The van der Waals surface area contributed by atoms with Crippen LogP contribution in [0, 0.1) is 11.8 Å². The SMILES string of the molecule is CC1C2CNCC2CN1CCOc1ccccc1. The molecule has 0 radical (unpaired) electrons. The number of fused-ring (bicyclic) bond motifs is 1. The van der Waals surface area contributed by atoms with Crippen LogP contribution in [-0.4, -0.2) is 43.7 Å². The first-order valence-corrected chi connectivity index (χ1v) is 6.97. The Morgan fingerprint density at radius 3 is 2.89 bits per heavy atom. The second-order valence-corrected chi connectivity index (χ2v) is 5.48. The Morgan fingerprint density at radius 1 is 1.28 bits per heavy atom. The lowest BCUT2D eigenvalue weighted by Gasteiger charge is -2.24. The standard InChI is InChI=1S/C15H22N2O/c1-12-15-10-16-9-13(15)11-17(12)7-8-18-14-5-3-2-4-6-14/h2-6,12-13,15-16H,7-11H2,1H3. The molecule has 1 aromatic carbocycles. The van der Waals surface area contributed by atoms with Gasteiger partial charge in [-0.05, 0) is 44.0 Å². The van der Waals surface area contributed by atoms with Crippen molar-refractivity contribution >= 4 is 0 Å². The van der Waals surface area contributed by atoms with Crippen molar-refractivity contribution in [3.63, 3.8) is 0 Å². The minimum Gasteiger partial charge on any atom is -0.492 e. The van der Waals surface area contributed by atoms with E-state index in [2.05, 4.69) is 17.1 Å². The van der Waals surface area contributed by atoms with Gasteiger partial charge in [0.25, 0.3) is 0 Å². The van der Waals surface area contributed by atoms with Gasteiger partial charge >= 0.3 is 0 Å². The molecule has 0 aromatic heterocycles. The largest absolute Gasteiger partial charge is 0.492 e. The fraction of sp³-hybridized carbons (Fsp3) is 0.600. The van der Waals surface area contributed by atoms with Gasteiger partial charge in [0.05, 0.1) is 0 Å². The summed E-state index contributed by atoms with van der Waals surface area (Å²) in [6.45, 7) is 7.83. The summed E-state index contributed by atoms with van der Waals surface area (Å²) in [5.41, 5.74) is 0. The van der Waals surface area contributed by atoms with Crippen LogP contribution in [0.25, 0.3) is 0 Å². The highest BCUT2D eigenvalue weighted by atomic mass is 16.5. The van der Waals surface area contributed by atoms with Crippen LogP contribution in [-0.2, 0) is 0 Å². The second kappa shape index (κ2) is 5.29. The van der Waals surface area contributed by atoms with Crippen molar-refractivity contribution in [3.8, 4) is 5.75 Å². The van der Waals surface area contributed by atoms with Crippen LogP contribution in [0.2, 0.25) is 0 Å². The minimum atomic E-state index is 0.698. The summed E-state index contributed by atoms with van der Waals surface area (Å²) in [4.78, 5) is 2.58. The van der Waals surface area contributed by atoms with E-state index in [1.807, 2.05) is 30.3 Å². The lowest BCUT2D eigenvalue weighted by Crippen LogP contribution is -2.36. The Hall–Kier alpha value is -1.06. The highest BCUT2D eigenvalue weighted by molar-refractivity contribution is 5.20. The Bertz CT molecular complexity index is 381. The van der Waals surface area contributed by atoms with Gasteiger partial charge in [-0.2, -0.15) is 0 Å². The molecule has 3 rings (SSSR count). The number of para-hydroxylation sites is 1. The van der Waals surface area contributed by atoms with E-state index in [4.69, 9.17) is 4.74 Å². The predicted molar refractivity (Wildman–Crippen MR) is 72.8 cm³/mol. The Labute approximate surface area is 109 Å². The van der Waals surface area contributed by atoms with E-state index in [-0.39, 0.29) is 0 Å². The third kappa shape index (κ3) is 2.38. The molecule has 0 amide bonds. The van der Waals surface area contributed by atoms with Crippen molar-refractivity contribution in [3.05, 3.63) is 30.3 Å². The second-order valence-electron chi connectivity index (χ2n) is 5.48. The van der Waals surface area contributed by atoms with Crippen LogP contribution >= 0.6 is 0 Å². The summed E-state index contributed by atoms with van der Waals surface area (Å²) in [6, 6.07) is 10.8. The maximum atomic E-state index is 5.78. The third-order valence-electron chi connectivity index (χ3n) is 4.45. The van der Waals surface area contributed by atoms with Gasteiger partial charge in [-0.3, -0.25) is 4.90 Å². The summed E-state index contributed by atoms with van der Waals surface area (Å²) < 4.78 is 5.78. The smallest absolute Gasteiger partial charge is 0.119 e. The number of hydrogen-bond donors (Lipinski definition) is 1. The van der Waals surface area contributed by atoms with Crippen molar-refractivity contribution in [2.45, 2.75) is 13.0 Å². The number of likely N-dealkylation sites (tertiary alicyclic amines) is 1. The first-order valence-electron chi connectivity index (χ1n) is 6.97. The van der Waals surface area contributed by atoms with Crippen molar-refractivity contribution in [1.82, 2.24) is 10.2 Å². The molecule has 3 nitrogen and oxygen atoms in total. The van der Waals surface area contributed by atoms with Crippen LogP contribution < -0.4 is 10.1 Å². The van der Waals surface area contributed by atoms with Crippen molar-refractivity contribution in [1.29, 1.82) is 0 Å². The molecule has 0 saturated carbocycles. The molecular formula is C15H22N2O. The van der Waals surface area contributed by atoms with Crippen molar-refractivity contribution in [2.75, 3.05) is 32.8 Å². The first-order chi connectivity index (χ1) is 8.84. The monoisotopic (exact) mass is 246 g/mol. The topological polar surface area (TPSA) is 24.5 Å². The van der Waals surface area contributed by atoms with Gasteiger partial charge in [-0.15, -0.1) is 0 Å². The molecule has 18 heavy (non-hydrogen) atoms. The van der Waals surface area contributed by atoms with Crippen molar-refractivity contribution in [2.24, 2.45) is 11.8 Å². The number of benzene rings is 1. The summed E-state index contributed by atoms with van der Waals surface area (Å²) in [5.74, 6) is 2.68. The Balaban J connectivity index is 1.47. The lowest BCUT2D eigenvalue weighted by molar-refractivity contribution is 0.189. The van der Waals surface area contributed by atoms with E-state index in [1.54, 1.807) is 0 Å². The molecule has 2 heterocycles. The first kappa shape index (κ1) is 12.0. The van der Waals surface area contributed by atoms with Gasteiger partial charge in [0, 0.05) is 19.1 Å². The molecule has 2 fully saturated rings. The molecule has 2 saturated heterocycles. The Morgan fingerprint density at radius 2 is 2.11 bits per heavy atom. The van der Waals surface area contributed by atoms with E-state index in [0.29, 0.717) is 6.04 Å². The fourth-order valence-electron chi connectivity index (χ4n) is 3.35. The van der Waals surface area contributed by atoms with Gasteiger partial charge in [0.2, 0.25) is 0 Å². The molecule has 1 aromatic rings. The van der Waals surface area contributed by atoms with E-state index < -0.39 is 0 Å². The molecule has 2 aliphatic rings. The van der Waals surface area contributed by atoms with Gasteiger partial charge in [-0.1, -0.05) is 18.2 Å². The van der Waals surface area contributed by atoms with Crippen LogP contribution in [0.4, 0.5) is 0 Å². The maximum Gasteiger partial charge on any atom is 0.119 e. The van der Waals surface area contributed by atoms with Gasteiger partial charge in [-0.25, -0.2) is 0 Å². The molecule has 3 heteroatoms. The zero-order valence-electron chi connectivity index (χ0n) is 11.0. The van der Waals surface area contributed by atoms with E-state index in [1.165, 1.54) is 19.6 Å². The third-order valence-corrected chi connectivity index (χ3v) is 4.45. The van der Waals surface area contributed by atoms with Gasteiger partial charge in [0.15, 0.2) is 0 Å². The number of hydrogen-bond acceptors (Lipinski definition) is 3. The minimum absolute atomic E-state index is 0.698. The summed E-state index contributed by atoms with van der Waals surface area (Å²) in [6.07, 6.45) is 0. The molecule has 0 spiro atoms. The molecule has 0 aliphatic carbocycles. The lowest BCUT2D eigenvalue weighted by atomic mass is 9.95. The molecule has 3 atom stereocenters. The average molecular weight is 246 g/mol. The molecule has 2 aliphatic heterocycles. The average Bonchev–Trinajstić information content (AvgIpc) is 2.96. The fourth-order valence-corrected chi connectivity index (χ4v) is 3.35. The van der Waals surface area contributed by atoms with E-state index >= 15 is 0 Å². The van der Waals surface area contributed by atoms with Crippen LogP contribution in [0.15, 0.2) is 30.3 Å². The zero-order valence-corrected chi connectivity index (χ0v) is 11.0. The molecule has 98 valence electrons. The molecule has 3 unspecified atom stereocenters.